The normalized spacial score (nSPS) is 12.2. The maximum atomic E-state index is 5.67. The van der Waals surface area contributed by atoms with Crippen molar-refractivity contribution < 1.29 is 0 Å². The number of aromatic nitrogens is 3. The van der Waals surface area contributed by atoms with Gasteiger partial charge >= 0.3 is 0 Å². The molecule has 0 aliphatic rings. The number of fused-ring (bicyclic) bond motifs is 9. The van der Waals surface area contributed by atoms with E-state index in [1.807, 2.05) is 11.3 Å². The van der Waals surface area contributed by atoms with Crippen LogP contribution < -0.4 is 0 Å². The van der Waals surface area contributed by atoms with Crippen molar-refractivity contribution in [1.82, 2.24) is 14.1 Å². The van der Waals surface area contributed by atoms with Crippen LogP contribution in [0.15, 0.2) is 164 Å². The Morgan fingerprint density at radius 3 is 1.79 bits per heavy atom. The number of hydrogen-bond acceptors (Lipinski definition) is 2. The summed E-state index contributed by atoms with van der Waals surface area (Å²) in [6.07, 6.45) is 0. The lowest BCUT2D eigenvalue weighted by molar-refractivity contribution is 0.812. The molecule has 3 aromatic heterocycles. The third-order valence-corrected chi connectivity index (χ3v) is 13.1. The Morgan fingerprint density at radius 2 is 1.11 bits per heavy atom. The van der Waals surface area contributed by atoms with Crippen molar-refractivity contribution in [3.8, 4) is 33.9 Å². The first-order valence-electron chi connectivity index (χ1n) is 20.0. The van der Waals surface area contributed by atoms with Gasteiger partial charge in [-0.15, -0.1) is 11.3 Å². The molecule has 0 unspecified atom stereocenters. The molecule has 0 aliphatic carbocycles. The molecule has 8 aromatic carbocycles. The first-order chi connectivity index (χ1) is 28.0. The van der Waals surface area contributed by atoms with Gasteiger partial charge in [-0.3, -0.25) is 4.57 Å². The van der Waals surface area contributed by atoms with Crippen LogP contribution in [0.2, 0.25) is 0 Å². The Hall–Kier alpha value is -6.49. The summed E-state index contributed by atoms with van der Waals surface area (Å²) in [7, 11) is 0. The first kappa shape index (κ1) is 33.8. The fourth-order valence-corrected chi connectivity index (χ4v) is 10.4. The van der Waals surface area contributed by atoms with E-state index in [0.717, 1.165) is 22.4 Å². The molecule has 4 heteroatoms. The highest BCUT2D eigenvalue weighted by atomic mass is 32.1. The summed E-state index contributed by atoms with van der Waals surface area (Å²) in [5, 5.41) is 7.47. The molecule has 3 nitrogen and oxygen atoms in total. The molecular formula is C53H41N3S. The highest BCUT2D eigenvalue weighted by Gasteiger charge is 2.27. The summed E-state index contributed by atoms with van der Waals surface area (Å²) >= 11 is 1.88. The molecule has 274 valence electrons. The highest BCUT2D eigenvalue weighted by molar-refractivity contribution is 7.26. The lowest BCUT2D eigenvalue weighted by Gasteiger charge is -2.25. The van der Waals surface area contributed by atoms with Crippen LogP contribution in [-0.2, 0) is 0 Å². The number of rotatable bonds is 6. The summed E-state index contributed by atoms with van der Waals surface area (Å²) in [4.78, 5) is 5.67. The van der Waals surface area contributed by atoms with E-state index in [4.69, 9.17) is 4.98 Å². The van der Waals surface area contributed by atoms with E-state index < -0.39 is 0 Å². The van der Waals surface area contributed by atoms with Gasteiger partial charge in [-0.25, -0.2) is 4.98 Å². The number of imidazole rings is 1. The molecule has 0 atom stereocenters. The Bertz CT molecular complexity index is 3280. The molecule has 0 saturated heterocycles. The van der Waals surface area contributed by atoms with Gasteiger partial charge in [-0.05, 0) is 88.0 Å². The van der Waals surface area contributed by atoms with Crippen molar-refractivity contribution in [2.24, 2.45) is 0 Å². The Labute approximate surface area is 336 Å². The zero-order valence-electron chi connectivity index (χ0n) is 32.5. The molecule has 0 bridgehead atoms. The van der Waals surface area contributed by atoms with E-state index in [1.54, 1.807) is 0 Å². The number of benzene rings is 8. The van der Waals surface area contributed by atoms with Crippen LogP contribution in [-0.4, -0.2) is 14.1 Å². The van der Waals surface area contributed by atoms with Gasteiger partial charge in [-0.1, -0.05) is 143 Å². The minimum atomic E-state index is 0.267. The van der Waals surface area contributed by atoms with E-state index in [9.17, 15) is 0 Å². The van der Waals surface area contributed by atoms with Crippen LogP contribution in [0, 0.1) is 0 Å². The number of nitrogens with zero attached hydrogens (tertiary/aromatic N) is 3. The van der Waals surface area contributed by atoms with Gasteiger partial charge < -0.3 is 4.57 Å². The van der Waals surface area contributed by atoms with Crippen LogP contribution in [0.25, 0.3) is 97.7 Å². The largest absolute Gasteiger partial charge is 0.309 e. The fourth-order valence-electron chi connectivity index (χ4n) is 9.21. The molecule has 0 saturated carbocycles. The van der Waals surface area contributed by atoms with Gasteiger partial charge in [0.05, 0.1) is 33.4 Å². The van der Waals surface area contributed by atoms with Crippen molar-refractivity contribution >= 4 is 75.1 Å². The number of hydrogen-bond donors (Lipinski definition) is 0. The molecule has 11 rings (SSSR count). The van der Waals surface area contributed by atoms with Crippen LogP contribution in [0.1, 0.15) is 50.7 Å². The highest BCUT2D eigenvalue weighted by Crippen LogP contribution is 2.48. The molecular weight excluding hydrogens is 711 g/mol. The summed E-state index contributed by atoms with van der Waals surface area (Å²) < 4.78 is 7.53. The van der Waals surface area contributed by atoms with Crippen LogP contribution in [0.5, 0.6) is 0 Å². The van der Waals surface area contributed by atoms with Crippen LogP contribution >= 0.6 is 11.3 Å². The van der Waals surface area contributed by atoms with E-state index >= 15 is 0 Å². The third kappa shape index (κ3) is 5.14. The van der Waals surface area contributed by atoms with E-state index in [1.165, 1.54) is 86.4 Å². The molecule has 57 heavy (non-hydrogen) atoms. The Kier molecular flexibility index (Phi) is 7.74. The zero-order valence-corrected chi connectivity index (χ0v) is 33.3. The maximum Gasteiger partial charge on any atom is 0.147 e. The molecule has 0 radical (unpaired) electrons. The quantitative estimate of drug-likeness (QED) is 0.166. The molecule has 0 amide bonds. The lowest BCUT2D eigenvalue weighted by Crippen LogP contribution is -2.10. The minimum Gasteiger partial charge on any atom is -0.309 e. The van der Waals surface area contributed by atoms with Gasteiger partial charge in [0.2, 0.25) is 0 Å². The van der Waals surface area contributed by atoms with Crippen molar-refractivity contribution in [3.63, 3.8) is 0 Å². The molecule has 0 N–H and O–H groups in total. The molecule has 11 aromatic rings. The fraction of sp³-hybridized carbons (Fsp3) is 0.113. The van der Waals surface area contributed by atoms with Gasteiger partial charge in [0.15, 0.2) is 0 Å². The topological polar surface area (TPSA) is 22.8 Å². The third-order valence-electron chi connectivity index (χ3n) is 11.9. The second kappa shape index (κ2) is 13.0. The predicted octanol–water partition coefficient (Wildman–Crippen LogP) is 15.2. The lowest BCUT2D eigenvalue weighted by atomic mass is 9.88. The van der Waals surface area contributed by atoms with Crippen molar-refractivity contribution in [2.75, 3.05) is 0 Å². The smallest absolute Gasteiger partial charge is 0.147 e. The van der Waals surface area contributed by atoms with Gasteiger partial charge in [0.1, 0.15) is 5.82 Å². The summed E-state index contributed by atoms with van der Waals surface area (Å²) in [5.41, 5.74) is 13.3. The van der Waals surface area contributed by atoms with Crippen molar-refractivity contribution in [1.29, 1.82) is 0 Å². The zero-order chi connectivity index (χ0) is 38.4. The average Bonchev–Trinajstić information content (AvgIpc) is 3.94. The van der Waals surface area contributed by atoms with Gasteiger partial charge in [-0.2, -0.15) is 0 Å². The maximum absolute atomic E-state index is 5.67. The molecule has 0 fully saturated rings. The standard InChI is InChI=1S/C53H41N3S/c1-32(2)42-30-36(34-16-6-5-7-17-34)31-43(33(3)4)50(42)56-51-37-19-9-8-18-35(37)26-28-44(51)54-53(56)41-27-29-47(49-40-22-12-15-25-48(40)57-52(41)49)55-45-23-13-10-20-38(45)39-21-11-14-24-46(39)55/h5-33H,1-4H3. The van der Waals surface area contributed by atoms with Crippen LogP contribution in [0.3, 0.4) is 0 Å². The predicted molar refractivity (Wildman–Crippen MR) is 245 cm³/mol. The monoisotopic (exact) mass is 751 g/mol. The number of para-hydroxylation sites is 2. The minimum absolute atomic E-state index is 0.267. The van der Waals surface area contributed by atoms with Crippen LogP contribution in [0.4, 0.5) is 0 Å². The second-order valence-corrected chi connectivity index (χ2v) is 17.0. The summed E-state index contributed by atoms with van der Waals surface area (Å²) in [6, 6.07) is 60.2. The van der Waals surface area contributed by atoms with Crippen molar-refractivity contribution in [3.05, 3.63) is 175 Å². The summed E-state index contributed by atoms with van der Waals surface area (Å²) in [6.45, 7) is 9.33. The van der Waals surface area contributed by atoms with E-state index in [-0.39, 0.29) is 11.8 Å². The molecule has 0 spiro atoms. The second-order valence-electron chi connectivity index (χ2n) is 15.9. The SMILES string of the molecule is CC(C)c1cc(-c2ccccc2)cc(C(C)C)c1-n1c(-c2ccc(-n3c4ccccc4c4ccccc43)c3c2sc2ccccc23)nc2ccc3ccccc3c21. The van der Waals surface area contributed by atoms with Crippen molar-refractivity contribution in [2.45, 2.75) is 39.5 Å². The van der Waals surface area contributed by atoms with Gasteiger partial charge in [0, 0.05) is 41.9 Å². The van der Waals surface area contributed by atoms with E-state index in [2.05, 4.69) is 201 Å². The Balaban J connectivity index is 1.29. The molecule has 0 aliphatic heterocycles. The molecule has 3 heterocycles. The average molecular weight is 752 g/mol. The summed E-state index contributed by atoms with van der Waals surface area (Å²) in [5.74, 6) is 1.51. The first-order valence-corrected chi connectivity index (χ1v) is 20.8. The van der Waals surface area contributed by atoms with E-state index in [0.29, 0.717) is 0 Å². The Morgan fingerprint density at radius 1 is 0.509 bits per heavy atom. The number of thiophene rings is 1. The van der Waals surface area contributed by atoms with Gasteiger partial charge in [0.25, 0.3) is 0 Å².